The van der Waals surface area contributed by atoms with Gasteiger partial charge in [0.15, 0.2) is 5.92 Å². The van der Waals surface area contributed by atoms with Gasteiger partial charge in [0.1, 0.15) is 12.5 Å². The Labute approximate surface area is 125 Å². The minimum absolute atomic E-state index is 0.0515. The van der Waals surface area contributed by atoms with Crippen LogP contribution in [-0.2, 0) is 28.6 Å². The molecule has 0 saturated carbocycles. The van der Waals surface area contributed by atoms with Gasteiger partial charge in [0.25, 0.3) is 0 Å². The Morgan fingerprint density at radius 2 is 1.80 bits per heavy atom. The highest BCUT2D eigenvalue weighted by Crippen LogP contribution is 2.34. The van der Waals surface area contributed by atoms with Gasteiger partial charge in [-0.05, 0) is 30.8 Å². The van der Waals surface area contributed by atoms with Gasteiger partial charge in [-0.25, -0.2) is 0 Å². The highest BCUT2D eigenvalue weighted by Gasteiger charge is 2.48. The molecule has 7 heteroatoms. The molecule has 0 N–H and O–H groups in total. The summed E-state index contributed by atoms with van der Waals surface area (Å²) in [5.41, 5.74) is 0.557. The molecule has 1 atom stereocenters. The first kappa shape index (κ1) is 16.7. The van der Waals surface area contributed by atoms with Crippen molar-refractivity contribution in [1.29, 1.82) is 0 Å². The first-order valence-electron chi connectivity index (χ1n) is 6.29. The Hall–Kier alpha value is -1.37. The Morgan fingerprint density at radius 3 is 2.20 bits per heavy atom. The second-order valence-corrected chi connectivity index (χ2v) is 5.32. The van der Waals surface area contributed by atoms with Crippen LogP contribution in [0.25, 0.3) is 0 Å². The van der Waals surface area contributed by atoms with Crippen molar-refractivity contribution >= 4 is 33.8 Å². The lowest BCUT2D eigenvalue weighted by Gasteiger charge is -2.19. The summed E-state index contributed by atoms with van der Waals surface area (Å²) in [6, 6.07) is 0. The molecular formula is C13H17BrO6. The summed E-state index contributed by atoms with van der Waals surface area (Å²) in [6.45, 7) is 5.25. The van der Waals surface area contributed by atoms with Crippen LogP contribution in [0.3, 0.4) is 0 Å². The number of carbonyl (C=O) groups excluding carboxylic acids is 3. The number of hydrogen-bond donors (Lipinski definition) is 0. The van der Waals surface area contributed by atoms with Crippen molar-refractivity contribution in [3.8, 4) is 0 Å². The summed E-state index contributed by atoms with van der Waals surface area (Å²) >= 11 is 3.26. The Morgan fingerprint density at radius 1 is 1.30 bits per heavy atom. The average Bonchev–Trinajstić information content (AvgIpc) is 2.73. The molecule has 1 rings (SSSR count). The van der Waals surface area contributed by atoms with Gasteiger partial charge in [-0.3, -0.25) is 14.4 Å². The highest BCUT2D eigenvalue weighted by atomic mass is 79.9. The fourth-order valence-electron chi connectivity index (χ4n) is 1.95. The highest BCUT2D eigenvalue weighted by molar-refractivity contribution is 9.11. The van der Waals surface area contributed by atoms with Gasteiger partial charge < -0.3 is 14.2 Å². The molecule has 0 aromatic rings. The van der Waals surface area contributed by atoms with Crippen molar-refractivity contribution in [3.63, 3.8) is 0 Å². The molecule has 1 heterocycles. The number of cyclic esters (lactones) is 1. The van der Waals surface area contributed by atoms with E-state index in [1.165, 1.54) is 0 Å². The zero-order valence-corrected chi connectivity index (χ0v) is 13.2. The van der Waals surface area contributed by atoms with Crippen molar-refractivity contribution < 1.29 is 28.6 Å². The van der Waals surface area contributed by atoms with Crippen LogP contribution in [0.2, 0.25) is 0 Å². The molecule has 1 fully saturated rings. The molecule has 0 aromatic heterocycles. The van der Waals surface area contributed by atoms with E-state index >= 15 is 0 Å². The van der Waals surface area contributed by atoms with Crippen LogP contribution < -0.4 is 0 Å². The lowest BCUT2D eigenvalue weighted by molar-refractivity contribution is -0.167. The lowest BCUT2D eigenvalue weighted by Crippen LogP contribution is -2.37. The van der Waals surface area contributed by atoms with Gasteiger partial charge in [0.05, 0.1) is 13.2 Å². The lowest BCUT2D eigenvalue weighted by atomic mass is 9.87. The molecule has 0 aromatic carbocycles. The first-order chi connectivity index (χ1) is 9.43. The Balaban J connectivity index is 3.14. The summed E-state index contributed by atoms with van der Waals surface area (Å²) in [4.78, 5) is 35.8. The number of rotatable bonds is 5. The van der Waals surface area contributed by atoms with Gasteiger partial charge in [0.2, 0.25) is 0 Å². The SMILES string of the molecule is CCOC(=O)C(C(=O)OCC)C1C(=O)OC/C1=C(\C)Br. The second-order valence-electron chi connectivity index (χ2n) is 4.13. The fourth-order valence-corrected chi connectivity index (χ4v) is 2.32. The van der Waals surface area contributed by atoms with Gasteiger partial charge in [-0.2, -0.15) is 0 Å². The smallest absolute Gasteiger partial charge is 0.321 e. The van der Waals surface area contributed by atoms with Crippen LogP contribution in [0.1, 0.15) is 20.8 Å². The molecular weight excluding hydrogens is 332 g/mol. The van der Waals surface area contributed by atoms with Crippen LogP contribution >= 0.6 is 15.9 Å². The maximum Gasteiger partial charge on any atom is 0.321 e. The van der Waals surface area contributed by atoms with Crippen LogP contribution in [0, 0.1) is 11.8 Å². The van der Waals surface area contributed by atoms with Crippen LogP contribution in [-0.4, -0.2) is 37.7 Å². The molecule has 1 aliphatic heterocycles. The largest absolute Gasteiger partial charge is 0.465 e. The van der Waals surface area contributed by atoms with E-state index in [4.69, 9.17) is 14.2 Å². The molecule has 1 aliphatic rings. The van der Waals surface area contributed by atoms with E-state index in [0.29, 0.717) is 10.1 Å². The third-order valence-electron chi connectivity index (χ3n) is 2.86. The summed E-state index contributed by atoms with van der Waals surface area (Å²) in [7, 11) is 0. The van der Waals surface area contributed by atoms with Gasteiger partial charge in [0, 0.05) is 0 Å². The van der Waals surface area contributed by atoms with Gasteiger partial charge in [-0.1, -0.05) is 15.9 Å². The molecule has 1 saturated heterocycles. The molecule has 0 amide bonds. The number of halogens is 1. The van der Waals surface area contributed by atoms with Gasteiger partial charge in [-0.15, -0.1) is 0 Å². The van der Waals surface area contributed by atoms with E-state index in [0.717, 1.165) is 0 Å². The Kier molecular flexibility index (Phi) is 6.19. The molecule has 0 aliphatic carbocycles. The van der Waals surface area contributed by atoms with Crippen molar-refractivity contribution in [1.82, 2.24) is 0 Å². The van der Waals surface area contributed by atoms with Crippen molar-refractivity contribution in [3.05, 3.63) is 10.1 Å². The number of ether oxygens (including phenoxy) is 3. The minimum atomic E-state index is -1.33. The first-order valence-corrected chi connectivity index (χ1v) is 7.08. The van der Waals surface area contributed by atoms with E-state index < -0.39 is 29.7 Å². The maximum absolute atomic E-state index is 12.0. The summed E-state index contributed by atoms with van der Waals surface area (Å²) in [6.07, 6.45) is 0. The van der Waals surface area contributed by atoms with Crippen LogP contribution in [0.5, 0.6) is 0 Å². The molecule has 1 unspecified atom stereocenters. The average molecular weight is 349 g/mol. The molecule has 20 heavy (non-hydrogen) atoms. The number of allylic oxidation sites excluding steroid dienone is 1. The summed E-state index contributed by atoms with van der Waals surface area (Å²) in [5, 5.41) is 0. The molecule has 112 valence electrons. The van der Waals surface area contributed by atoms with Crippen molar-refractivity contribution in [2.45, 2.75) is 20.8 Å². The topological polar surface area (TPSA) is 78.9 Å². The monoisotopic (exact) mass is 348 g/mol. The van der Waals surface area contributed by atoms with E-state index in [-0.39, 0.29) is 19.8 Å². The standard InChI is InChI=1S/C13H17BrO6/c1-4-18-12(16)10(13(17)19-5-2)9-8(7(3)14)6-20-11(9)15/h9-10H,4-6H2,1-3H3/b8-7-. The predicted molar refractivity (Wildman–Crippen MR) is 72.8 cm³/mol. The summed E-state index contributed by atoms with van der Waals surface area (Å²) in [5.74, 6) is -4.49. The molecule has 6 nitrogen and oxygen atoms in total. The van der Waals surface area contributed by atoms with E-state index in [2.05, 4.69) is 15.9 Å². The molecule has 0 radical (unpaired) electrons. The van der Waals surface area contributed by atoms with Crippen molar-refractivity contribution in [2.75, 3.05) is 19.8 Å². The number of esters is 3. The van der Waals surface area contributed by atoms with E-state index in [1.54, 1.807) is 20.8 Å². The quantitative estimate of drug-likeness (QED) is 0.426. The van der Waals surface area contributed by atoms with Gasteiger partial charge >= 0.3 is 17.9 Å². The minimum Gasteiger partial charge on any atom is -0.465 e. The van der Waals surface area contributed by atoms with Crippen molar-refractivity contribution in [2.24, 2.45) is 11.8 Å². The zero-order chi connectivity index (χ0) is 15.3. The van der Waals surface area contributed by atoms with E-state index in [1.807, 2.05) is 0 Å². The number of hydrogen-bond acceptors (Lipinski definition) is 6. The normalized spacial score (nSPS) is 20.6. The third kappa shape index (κ3) is 3.59. The molecule has 0 spiro atoms. The predicted octanol–water partition coefficient (Wildman–Crippen LogP) is 1.57. The van der Waals surface area contributed by atoms with Crippen LogP contribution in [0.15, 0.2) is 10.1 Å². The second kappa shape index (κ2) is 7.42. The zero-order valence-electron chi connectivity index (χ0n) is 11.6. The molecule has 0 bridgehead atoms. The van der Waals surface area contributed by atoms with E-state index in [9.17, 15) is 14.4 Å². The Bertz CT molecular complexity index is 420. The fraction of sp³-hybridized carbons (Fsp3) is 0.615. The maximum atomic E-state index is 12.0. The number of carbonyl (C=O) groups is 3. The summed E-state index contributed by atoms with van der Waals surface area (Å²) < 4.78 is 15.3. The third-order valence-corrected chi connectivity index (χ3v) is 3.37. The van der Waals surface area contributed by atoms with Crippen LogP contribution in [0.4, 0.5) is 0 Å².